The molecule has 274 valence electrons. The van der Waals surface area contributed by atoms with Crippen molar-refractivity contribution in [3.63, 3.8) is 0 Å². The minimum Gasteiger partial charge on any atom is -0.454 e. The van der Waals surface area contributed by atoms with Crippen molar-refractivity contribution in [2.75, 3.05) is 4.90 Å². The summed E-state index contributed by atoms with van der Waals surface area (Å²) in [5, 5.41) is 9.83. The minimum atomic E-state index is 0.341. The molecule has 10 aromatic rings. The summed E-state index contributed by atoms with van der Waals surface area (Å²) in [4.78, 5) is 2.55. The third-order valence-corrected chi connectivity index (χ3v) is 15.4. The van der Waals surface area contributed by atoms with Crippen molar-refractivity contribution in [1.82, 2.24) is 0 Å². The van der Waals surface area contributed by atoms with E-state index in [-0.39, 0.29) is 0 Å². The van der Waals surface area contributed by atoms with Gasteiger partial charge in [0.05, 0.1) is 21.5 Å². The van der Waals surface area contributed by atoms with Crippen molar-refractivity contribution in [3.8, 4) is 11.1 Å². The lowest BCUT2D eigenvalue weighted by molar-refractivity contribution is -0.00518. The summed E-state index contributed by atoms with van der Waals surface area (Å²) in [5.74, 6) is 2.73. The number of thiophene rings is 1. The van der Waals surface area contributed by atoms with Crippen LogP contribution in [0.5, 0.6) is 0 Å². The summed E-state index contributed by atoms with van der Waals surface area (Å²) < 4.78 is 9.39. The summed E-state index contributed by atoms with van der Waals surface area (Å²) in [6.45, 7) is 0. The highest BCUT2D eigenvalue weighted by Crippen LogP contribution is 2.61. The van der Waals surface area contributed by atoms with E-state index in [1.807, 2.05) is 11.3 Å². The Hall–Kier alpha value is -5.90. The molecule has 14 rings (SSSR count). The maximum atomic E-state index is 6.90. The van der Waals surface area contributed by atoms with Gasteiger partial charge >= 0.3 is 0 Å². The molecule has 2 nitrogen and oxygen atoms in total. The van der Waals surface area contributed by atoms with E-state index in [1.165, 1.54) is 103 Å². The number of anilines is 3. The van der Waals surface area contributed by atoms with Gasteiger partial charge in [-0.15, -0.1) is 11.3 Å². The molecule has 3 heteroatoms. The van der Waals surface area contributed by atoms with Crippen LogP contribution in [0.1, 0.15) is 44.1 Å². The molecule has 0 N–H and O–H groups in total. The first-order valence-corrected chi connectivity index (χ1v) is 21.7. The van der Waals surface area contributed by atoms with Crippen LogP contribution in [0.2, 0.25) is 0 Å². The van der Waals surface area contributed by atoms with Crippen LogP contribution in [-0.2, 0) is 5.41 Å². The van der Waals surface area contributed by atoms with E-state index in [9.17, 15) is 0 Å². The topological polar surface area (TPSA) is 16.4 Å². The molecule has 2 heterocycles. The highest BCUT2D eigenvalue weighted by Gasteiger charge is 2.51. The van der Waals surface area contributed by atoms with Gasteiger partial charge in [0.15, 0.2) is 5.58 Å². The SMILES string of the molecule is c1ccc2c(-c3ccc(N(c4ccc(C56CC7CC(CC(C7)C5)C6)cc4)c4cc5c6ccccc6sc5c5oc6ccccc6c45)c4ccccc34)cccc2c1. The number of fused-ring (bicyclic) bond motifs is 9. The normalized spacial score (nSPS) is 21.5. The molecule has 4 fully saturated rings. The van der Waals surface area contributed by atoms with E-state index in [1.54, 1.807) is 5.56 Å². The van der Waals surface area contributed by atoms with Crippen molar-refractivity contribution >= 4 is 92.1 Å². The molecule has 57 heavy (non-hydrogen) atoms. The van der Waals surface area contributed by atoms with Crippen LogP contribution in [0.25, 0.3) is 74.8 Å². The maximum absolute atomic E-state index is 6.90. The zero-order chi connectivity index (χ0) is 37.2. The summed E-state index contributed by atoms with van der Waals surface area (Å²) in [6.07, 6.45) is 8.48. The van der Waals surface area contributed by atoms with Gasteiger partial charge in [-0.2, -0.15) is 0 Å². The van der Waals surface area contributed by atoms with E-state index in [0.717, 1.165) is 45.4 Å². The van der Waals surface area contributed by atoms with Crippen LogP contribution < -0.4 is 4.90 Å². The molecule has 0 unspecified atom stereocenters. The van der Waals surface area contributed by atoms with Crippen molar-refractivity contribution in [1.29, 1.82) is 0 Å². The summed E-state index contributed by atoms with van der Waals surface area (Å²) >= 11 is 1.84. The van der Waals surface area contributed by atoms with Gasteiger partial charge in [0.1, 0.15) is 5.58 Å². The molecule has 0 amide bonds. The number of hydrogen-bond acceptors (Lipinski definition) is 3. The second kappa shape index (κ2) is 12.1. The highest BCUT2D eigenvalue weighted by atomic mass is 32.1. The van der Waals surface area contributed by atoms with Gasteiger partial charge in [-0.05, 0) is 131 Å². The standard InChI is InChI=1S/C54H41NOS/c1-2-12-39-36(10-1)11-9-17-40(39)42-24-25-47(43-14-4-3-13-41(42)43)55(38-22-20-37(21-23-38)54-30-33-26-34(31-54)28-35(27-33)32-54)48-29-46-44-15-6-8-19-50(44)57-53(46)52-51(48)45-16-5-7-18-49(45)56-52/h1-25,29,33-35H,26-28,30-32H2. The number of hydrogen-bond donors (Lipinski definition) is 0. The first-order valence-electron chi connectivity index (χ1n) is 20.8. The molecular weight excluding hydrogens is 711 g/mol. The number of para-hydroxylation sites is 1. The number of furan rings is 1. The lowest BCUT2D eigenvalue weighted by Crippen LogP contribution is -2.48. The Labute approximate surface area is 336 Å². The molecule has 4 aliphatic carbocycles. The quantitative estimate of drug-likeness (QED) is 0.174. The lowest BCUT2D eigenvalue weighted by Gasteiger charge is -2.57. The first-order chi connectivity index (χ1) is 28.2. The largest absolute Gasteiger partial charge is 0.454 e. The van der Waals surface area contributed by atoms with Crippen molar-refractivity contribution in [3.05, 3.63) is 163 Å². The molecule has 0 saturated heterocycles. The Balaban J connectivity index is 1.09. The fraction of sp³-hybridized carbons (Fsp3) is 0.185. The highest BCUT2D eigenvalue weighted by molar-refractivity contribution is 7.26. The van der Waals surface area contributed by atoms with Crippen molar-refractivity contribution in [2.24, 2.45) is 17.8 Å². The van der Waals surface area contributed by atoms with Crippen LogP contribution >= 0.6 is 11.3 Å². The Morgan fingerprint density at radius 3 is 1.93 bits per heavy atom. The Morgan fingerprint density at radius 2 is 1.14 bits per heavy atom. The van der Waals surface area contributed by atoms with Gasteiger partial charge in [0.2, 0.25) is 0 Å². The average molecular weight is 752 g/mol. The Morgan fingerprint density at radius 1 is 0.509 bits per heavy atom. The third-order valence-electron chi connectivity index (χ3n) is 14.2. The molecule has 0 aliphatic heterocycles. The number of nitrogens with zero attached hydrogens (tertiary/aromatic N) is 1. The van der Waals surface area contributed by atoms with Gasteiger partial charge in [-0.1, -0.05) is 121 Å². The van der Waals surface area contributed by atoms with E-state index >= 15 is 0 Å². The Kier molecular flexibility index (Phi) is 6.81. The van der Waals surface area contributed by atoms with Gasteiger partial charge in [-0.3, -0.25) is 0 Å². The smallest absolute Gasteiger partial charge is 0.155 e. The number of rotatable bonds is 5. The molecule has 0 radical (unpaired) electrons. The average Bonchev–Trinajstić information content (AvgIpc) is 3.83. The molecule has 4 aliphatic rings. The summed E-state index contributed by atoms with van der Waals surface area (Å²) in [5.41, 5.74) is 9.80. The number of benzene rings is 8. The third kappa shape index (κ3) is 4.76. The molecular formula is C54H41NOS. The van der Waals surface area contributed by atoms with Gasteiger partial charge < -0.3 is 9.32 Å². The first kappa shape index (κ1) is 32.2. The molecule has 4 saturated carbocycles. The van der Waals surface area contributed by atoms with Crippen LogP contribution in [0.3, 0.4) is 0 Å². The van der Waals surface area contributed by atoms with Gasteiger partial charge in [0.25, 0.3) is 0 Å². The predicted octanol–water partition coefficient (Wildman–Crippen LogP) is 15.9. The zero-order valence-corrected chi connectivity index (χ0v) is 32.6. The fourth-order valence-corrected chi connectivity index (χ4v) is 13.4. The maximum Gasteiger partial charge on any atom is 0.155 e. The van der Waals surface area contributed by atoms with E-state index in [2.05, 4.69) is 163 Å². The molecule has 4 bridgehead atoms. The molecule has 0 spiro atoms. The second-order valence-electron chi connectivity index (χ2n) is 17.5. The predicted molar refractivity (Wildman–Crippen MR) is 242 cm³/mol. The van der Waals surface area contributed by atoms with Gasteiger partial charge in [-0.25, -0.2) is 0 Å². The Bertz CT molecular complexity index is 3200. The van der Waals surface area contributed by atoms with E-state index in [4.69, 9.17) is 4.42 Å². The molecule has 0 atom stereocenters. The van der Waals surface area contributed by atoms with Crippen molar-refractivity contribution in [2.45, 2.75) is 43.9 Å². The fourth-order valence-electron chi connectivity index (χ4n) is 12.2. The summed E-state index contributed by atoms with van der Waals surface area (Å²) in [6, 6.07) is 59.0. The second-order valence-corrected chi connectivity index (χ2v) is 18.5. The van der Waals surface area contributed by atoms with E-state index < -0.39 is 0 Å². The van der Waals surface area contributed by atoms with Gasteiger partial charge in [0, 0.05) is 31.9 Å². The zero-order valence-electron chi connectivity index (χ0n) is 31.7. The van der Waals surface area contributed by atoms with Crippen LogP contribution in [0.4, 0.5) is 17.1 Å². The lowest BCUT2D eigenvalue weighted by atomic mass is 9.48. The van der Waals surface area contributed by atoms with Crippen LogP contribution in [0, 0.1) is 17.8 Å². The van der Waals surface area contributed by atoms with Crippen LogP contribution in [0.15, 0.2) is 162 Å². The van der Waals surface area contributed by atoms with Crippen molar-refractivity contribution < 1.29 is 4.42 Å². The summed E-state index contributed by atoms with van der Waals surface area (Å²) in [7, 11) is 0. The monoisotopic (exact) mass is 751 g/mol. The molecule has 2 aromatic heterocycles. The minimum absolute atomic E-state index is 0.341. The molecule has 8 aromatic carbocycles. The van der Waals surface area contributed by atoms with Crippen LogP contribution in [-0.4, -0.2) is 0 Å². The van der Waals surface area contributed by atoms with E-state index in [0.29, 0.717) is 5.41 Å².